The summed E-state index contributed by atoms with van der Waals surface area (Å²) in [5, 5.41) is 0. The van der Waals surface area contributed by atoms with E-state index in [1.807, 2.05) is 26.8 Å². The summed E-state index contributed by atoms with van der Waals surface area (Å²) in [4.78, 5) is 19.8. The van der Waals surface area contributed by atoms with E-state index in [-0.39, 0.29) is 23.8 Å². The molecule has 0 spiro atoms. The number of amides is 1. The molecule has 1 fully saturated rings. The SMILES string of the molecule is CCN(CC)C(=O)c1ccccc1[C@@H](c1cccc(OS(=O)(=O)C(F)(F)F)c1)N1C[C@@H](C)N(Cc2ccc(F)cc2)C[C@@H]1C. The third kappa shape index (κ3) is 7.41. The molecular formula is C32H37F4N3O4S. The average molecular weight is 636 g/mol. The number of carbonyl (C=O) groups is 1. The van der Waals surface area contributed by atoms with Gasteiger partial charge in [0, 0.05) is 50.4 Å². The maximum atomic E-state index is 13.7. The van der Waals surface area contributed by atoms with E-state index in [4.69, 9.17) is 0 Å². The van der Waals surface area contributed by atoms with Crippen molar-refractivity contribution in [3.05, 3.63) is 101 Å². The second-order valence-corrected chi connectivity index (χ2v) is 12.5. The van der Waals surface area contributed by atoms with Crippen LogP contribution in [0.15, 0.2) is 72.8 Å². The molecule has 3 atom stereocenters. The van der Waals surface area contributed by atoms with Crippen molar-refractivity contribution in [3.8, 4) is 5.75 Å². The number of rotatable bonds is 10. The predicted octanol–water partition coefficient (Wildman–Crippen LogP) is 6.22. The Kier molecular flexibility index (Phi) is 10.4. The van der Waals surface area contributed by atoms with Crippen molar-refractivity contribution in [2.24, 2.45) is 0 Å². The summed E-state index contributed by atoms with van der Waals surface area (Å²) in [6.07, 6.45) is 0. The van der Waals surface area contributed by atoms with Crippen molar-refractivity contribution in [1.82, 2.24) is 14.7 Å². The molecule has 238 valence electrons. The van der Waals surface area contributed by atoms with Gasteiger partial charge in [0.1, 0.15) is 11.6 Å². The lowest BCUT2D eigenvalue weighted by molar-refractivity contribution is -0.0500. The molecule has 0 N–H and O–H groups in total. The molecule has 0 aromatic heterocycles. The Morgan fingerprint density at radius 1 is 0.955 bits per heavy atom. The van der Waals surface area contributed by atoms with E-state index >= 15 is 0 Å². The number of piperazine rings is 1. The molecule has 0 bridgehead atoms. The first-order valence-corrected chi connectivity index (χ1v) is 15.9. The lowest BCUT2D eigenvalue weighted by atomic mass is 9.90. The van der Waals surface area contributed by atoms with Gasteiger partial charge in [-0.3, -0.25) is 14.6 Å². The molecule has 3 aromatic carbocycles. The van der Waals surface area contributed by atoms with Gasteiger partial charge in [-0.25, -0.2) is 4.39 Å². The van der Waals surface area contributed by atoms with E-state index in [1.54, 1.807) is 41.3 Å². The summed E-state index contributed by atoms with van der Waals surface area (Å²) < 4.78 is 81.0. The Hall–Kier alpha value is -3.48. The Labute approximate surface area is 256 Å². The van der Waals surface area contributed by atoms with Gasteiger partial charge in [0.25, 0.3) is 5.91 Å². The second-order valence-electron chi connectivity index (χ2n) is 11.0. The summed E-state index contributed by atoms with van der Waals surface area (Å²) in [6, 6.07) is 18.3. The fraction of sp³-hybridized carbons (Fsp3) is 0.406. The summed E-state index contributed by atoms with van der Waals surface area (Å²) in [5.41, 5.74) is -3.06. The van der Waals surface area contributed by atoms with Gasteiger partial charge in [-0.1, -0.05) is 42.5 Å². The molecule has 0 saturated carbocycles. The minimum absolute atomic E-state index is 0.00874. The van der Waals surface area contributed by atoms with E-state index < -0.39 is 27.4 Å². The summed E-state index contributed by atoms with van der Waals surface area (Å²) >= 11 is 0. The summed E-state index contributed by atoms with van der Waals surface area (Å²) in [5.74, 6) is -0.971. The Balaban J connectivity index is 1.77. The van der Waals surface area contributed by atoms with E-state index in [1.165, 1.54) is 24.3 Å². The smallest absolute Gasteiger partial charge is 0.376 e. The third-order valence-electron chi connectivity index (χ3n) is 7.99. The highest BCUT2D eigenvalue weighted by Crippen LogP contribution is 2.38. The standard InChI is InChI=1S/C32H37F4N3O4S/c1-5-37(6-2)31(40)29-13-8-7-12-28(29)30(25-10-9-11-27(18-25)43-44(41,42)32(34,35)36)39-20-22(3)38(19-23(39)4)21-24-14-16-26(33)17-15-24/h7-18,22-23,30H,5-6,19-21H2,1-4H3/t22-,23+,30-/m1/s1. The van der Waals surface area contributed by atoms with Crippen LogP contribution in [-0.2, 0) is 16.7 Å². The molecule has 7 nitrogen and oxygen atoms in total. The first-order valence-electron chi connectivity index (χ1n) is 14.5. The molecule has 1 saturated heterocycles. The quantitative estimate of drug-likeness (QED) is 0.150. The number of nitrogens with zero attached hydrogens (tertiary/aromatic N) is 3. The van der Waals surface area contributed by atoms with Crippen LogP contribution in [0.3, 0.4) is 0 Å². The minimum atomic E-state index is -5.89. The highest BCUT2D eigenvalue weighted by molar-refractivity contribution is 7.88. The van der Waals surface area contributed by atoms with Gasteiger partial charge in [-0.05, 0) is 74.7 Å². The van der Waals surface area contributed by atoms with E-state index in [0.29, 0.717) is 49.4 Å². The molecule has 1 heterocycles. The lowest BCUT2D eigenvalue weighted by Crippen LogP contribution is -2.57. The van der Waals surface area contributed by atoms with Crippen molar-refractivity contribution < 1.29 is 35.0 Å². The normalized spacial score (nSPS) is 19.0. The molecule has 12 heteroatoms. The van der Waals surface area contributed by atoms with Crippen LogP contribution in [0.5, 0.6) is 5.75 Å². The zero-order valence-corrected chi connectivity index (χ0v) is 25.9. The minimum Gasteiger partial charge on any atom is -0.376 e. The fourth-order valence-electron chi connectivity index (χ4n) is 5.70. The van der Waals surface area contributed by atoms with Gasteiger partial charge in [0.05, 0.1) is 6.04 Å². The van der Waals surface area contributed by atoms with Crippen molar-refractivity contribution in [1.29, 1.82) is 0 Å². The molecule has 0 radical (unpaired) electrons. The topological polar surface area (TPSA) is 70.2 Å². The van der Waals surface area contributed by atoms with Crippen LogP contribution in [0.2, 0.25) is 0 Å². The van der Waals surface area contributed by atoms with Crippen molar-refractivity contribution >= 4 is 16.0 Å². The predicted molar refractivity (Wildman–Crippen MR) is 160 cm³/mol. The van der Waals surface area contributed by atoms with Crippen molar-refractivity contribution in [3.63, 3.8) is 0 Å². The molecular weight excluding hydrogens is 598 g/mol. The highest BCUT2D eigenvalue weighted by atomic mass is 32.2. The number of benzene rings is 3. The third-order valence-corrected chi connectivity index (χ3v) is 8.97. The molecule has 1 amide bonds. The van der Waals surface area contributed by atoms with Crippen molar-refractivity contribution in [2.75, 3.05) is 26.2 Å². The molecule has 44 heavy (non-hydrogen) atoms. The average Bonchev–Trinajstić information content (AvgIpc) is 2.97. The Bertz CT molecular complexity index is 1550. The number of carbonyl (C=O) groups excluding carboxylic acids is 1. The lowest BCUT2D eigenvalue weighted by Gasteiger charge is -2.48. The van der Waals surface area contributed by atoms with Gasteiger partial charge in [-0.2, -0.15) is 21.6 Å². The molecule has 3 aromatic rings. The van der Waals surface area contributed by atoms with Gasteiger partial charge < -0.3 is 9.08 Å². The Morgan fingerprint density at radius 2 is 1.61 bits per heavy atom. The zero-order chi connectivity index (χ0) is 32.2. The van der Waals surface area contributed by atoms with Crippen molar-refractivity contribution in [2.45, 2.75) is 57.9 Å². The first-order chi connectivity index (χ1) is 20.8. The van der Waals surface area contributed by atoms with Gasteiger partial charge in [0.15, 0.2) is 0 Å². The van der Waals surface area contributed by atoms with Crippen LogP contribution in [0.25, 0.3) is 0 Å². The largest absolute Gasteiger partial charge is 0.534 e. The summed E-state index contributed by atoms with van der Waals surface area (Å²) in [7, 11) is -5.89. The Morgan fingerprint density at radius 3 is 2.25 bits per heavy atom. The van der Waals surface area contributed by atoms with Crippen LogP contribution >= 0.6 is 0 Å². The van der Waals surface area contributed by atoms with Gasteiger partial charge in [-0.15, -0.1) is 0 Å². The molecule has 4 rings (SSSR count). The number of hydrogen-bond acceptors (Lipinski definition) is 6. The highest BCUT2D eigenvalue weighted by Gasteiger charge is 2.48. The van der Waals surface area contributed by atoms with Crippen LogP contribution < -0.4 is 4.18 Å². The molecule has 0 aliphatic carbocycles. The van der Waals surface area contributed by atoms with E-state index in [0.717, 1.165) is 11.6 Å². The van der Waals surface area contributed by atoms with E-state index in [2.05, 4.69) is 20.9 Å². The molecule has 1 aliphatic heterocycles. The molecule has 0 unspecified atom stereocenters. The number of hydrogen-bond donors (Lipinski definition) is 0. The van der Waals surface area contributed by atoms with Gasteiger partial charge in [0.2, 0.25) is 0 Å². The number of halogens is 4. The zero-order valence-electron chi connectivity index (χ0n) is 25.1. The van der Waals surface area contributed by atoms with Crippen LogP contribution in [-0.4, -0.2) is 72.8 Å². The molecule has 1 aliphatic rings. The monoisotopic (exact) mass is 635 g/mol. The number of alkyl halides is 3. The summed E-state index contributed by atoms with van der Waals surface area (Å²) in [6.45, 7) is 10.6. The van der Waals surface area contributed by atoms with Crippen LogP contribution in [0.1, 0.15) is 60.8 Å². The maximum absolute atomic E-state index is 13.7. The first kappa shape index (κ1) is 33.4. The van der Waals surface area contributed by atoms with Crippen LogP contribution in [0, 0.1) is 5.82 Å². The van der Waals surface area contributed by atoms with Crippen LogP contribution in [0.4, 0.5) is 17.6 Å². The maximum Gasteiger partial charge on any atom is 0.534 e. The van der Waals surface area contributed by atoms with Gasteiger partial charge >= 0.3 is 15.6 Å². The second kappa shape index (κ2) is 13.7. The van der Waals surface area contributed by atoms with E-state index in [9.17, 15) is 30.8 Å². The fourth-order valence-corrected chi connectivity index (χ4v) is 6.15.